The minimum Gasteiger partial charge on any atom is -0.496 e. The number of hydrogen-bond donors (Lipinski definition) is 1. The SMILES string of the molecule is COc1ccc(Cl)cc1C(=O)N1CCCC(=O)N(C)[C@@H](C)C(=O)N[C@H](CC(C)C)c2nc(C)nn2CC1. The van der Waals surface area contributed by atoms with Crippen molar-refractivity contribution in [2.45, 2.75) is 65.6 Å². The molecule has 2 atom stereocenters. The summed E-state index contributed by atoms with van der Waals surface area (Å²) in [7, 11) is 3.13. The van der Waals surface area contributed by atoms with Crippen molar-refractivity contribution in [2.24, 2.45) is 5.92 Å². The van der Waals surface area contributed by atoms with E-state index in [0.29, 0.717) is 60.5 Å². The van der Waals surface area contributed by atoms with Crippen molar-refractivity contribution in [2.75, 3.05) is 27.2 Å². The minimum atomic E-state index is -0.656. The molecule has 2 heterocycles. The van der Waals surface area contributed by atoms with Crippen LogP contribution in [0.5, 0.6) is 5.75 Å². The molecule has 0 radical (unpaired) electrons. The lowest BCUT2D eigenvalue weighted by Gasteiger charge is -2.29. The lowest BCUT2D eigenvalue weighted by Crippen LogP contribution is -2.47. The Morgan fingerprint density at radius 3 is 2.65 bits per heavy atom. The largest absolute Gasteiger partial charge is 0.496 e. The van der Waals surface area contributed by atoms with Gasteiger partial charge in [0.2, 0.25) is 11.8 Å². The third-order valence-corrected chi connectivity index (χ3v) is 6.81. The number of halogens is 1. The van der Waals surface area contributed by atoms with Crippen LogP contribution < -0.4 is 10.1 Å². The molecule has 1 aliphatic rings. The first-order valence-corrected chi connectivity index (χ1v) is 13.0. The highest BCUT2D eigenvalue weighted by molar-refractivity contribution is 6.31. The van der Waals surface area contributed by atoms with Gasteiger partial charge in [0.25, 0.3) is 5.91 Å². The van der Waals surface area contributed by atoms with Crippen LogP contribution in [0, 0.1) is 12.8 Å². The molecule has 2 aromatic rings. The summed E-state index contributed by atoms with van der Waals surface area (Å²) in [6.07, 6.45) is 1.29. The molecule has 202 valence electrons. The van der Waals surface area contributed by atoms with Crippen LogP contribution >= 0.6 is 11.6 Å². The van der Waals surface area contributed by atoms with Crippen LogP contribution in [-0.4, -0.2) is 75.6 Å². The summed E-state index contributed by atoms with van der Waals surface area (Å²) in [5.41, 5.74) is 0.355. The maximum Gasteiger partial charge on any atom is 0.257 e. The number of amides is 3. The van der Waals surface area contributed by atoms with Crippen LogP contribution in [0.15, 0.2) is 18.2 Å². The molecule has 37 heavy (non-hydrogen) atoms. The van der Waals surface area contributed by atoms with Crippen molar-refractivity contribution in [3.05, 3.63) is 40.4 Å². The molecule has 0 aliphatic carbocycles. The maximum atomic E-state index is 13.6. The molecule has 3 rings (SSSR count). The van der Waals surface area contributed by atoms with Gasteiger partial charge in [0.05, 0.1) is 25.3 Å². The molecule has 0 saturated carbocycles. The number of benzene rings is 1. The van der Waals surface area contributed by atoms with E-state index in [2.05, 4.69) is 29.2 Å². The van der Waals surface area contributed by atoms with E-state index in [1.807, 2.05) is 0 Å². The Morgan fingerprint density at radius 1 is 1.24 bits per heavy atom. The molecular formula is C26H37ClN6O4. The molecule has 0 unspecified atom stereocenters. The van der Waals surface area contributed by atoms with E-state index in [9.17, 15) is 14.4 Å². The Kier molecular flexibility index (Phi) is 9.53. The third-order valence-electron chi connectivity index (χ3n) is 6.57. The van der Waals surface area contributed by atoms with Crippen LogP contribution in [0.3, 0.4) is 0 Å². The summed E-state index contributed by atoms with van der Waals surface area (Å²) in [6, 6.07) is 3.88. The highest BCUT2D eigenvalue weighted by Crippen LogP contribution is 2.25. The topological polar surface area (TPSA) is 110 Å². The smallest absolute Gasteiger partial charge is 0.257 e. The van der Waals surface area contributed by atoms with E-state index in [0.717, 1.165) is 0 Å². The Morgan fingerprint density at radius 2 is 1.97 bits per heavy atom. The second-order valence-corrected chi connectivity index (χ2v) is 10.3. The summed E-state index contributed by atoms with van der Waals surface area (Å²) in [4.78, 5) is 47.4. The van der Waals surface area contributed by atoms with E-state index in [4.69, 9.17) is 16.3 Å². The molecule has 0 saturated heterocycles. The van der Waals surface area contributed by atoms with Crippen LogP contribution in [0.25, 0.3) is 0 Å². The number of aryl methyl sites for hydroxylation is 1. The molecule has 0 fully saturated rings. The zero-order valence-corrected chi connectivity index (χ0v) is 23.2. The molecule has 3 amide bonds. The van der Waals surface area contributed by atoms with Crippen LogP contribution in [-0.2, 0) is 16.1 Å². The lowest BCUT2D eigenvalue weighted by atomic mass is 10.0. The molecule has 0 spiro atoms. The fourth-order valence-electron chi connectivity index (χ4n) is 4.42. The Hall–Kier alpha value is -3.14. The molecule has 10 nitrogen and oxygen atoms in total. The minimum absolute atomic E-state index is 0.160. The fraction of sp³-hybridized carbons (Fsp3) is 0.577. The first kappa shape index (κ1) is 28.4. The van der Waals surface area contributed by atoms with E-state index in [1.165, 1.54) is 12.0 Å². The first-order valence-electron chi connectivity index (χ1n) is 12.6. The number of nitrogens with one attached hydrogen (secondary N) is 1. The van der Waals surface area contributed by atoms with Crippen LogP contribution in [0.1, 0.15) is 68.1 Å². The van der Waals surface area contributed by atoms with Gasteiger partial charge in [-0.3, -0.25) is 14.4 Å². The highest BCUT2D eigenvalue weighted by Gasteiger charge is 2.29. The van der Waals surface area contributed by atoms with Crippen LogP contribution in [0.2, 0.25) is 5.02 Å². The number of carbonyl (C=O) groups is 3. The fourth-order valence-corrected chi connectivity index (χ4v) is 4.60. The normalized spacial score (nSPS) is 19.9. The molecule has 1 N–H and O–H groups in total. The number of aromatic nitrogens is 3. The zero-order valence-electron chi connectivity index (χ0n) is 22.5. The number of ether oxygens (including phenoxy) is 1. The number of carbonyl (C=O) groups excluding carboxylic acids is 3. The van der Waals surface area contributed by atoms with Gasteiger partial charge < -0.3 is 19.9 Å². The number of rotatable bonds is 4. The predicted octanol–water partition coefficient (Wildman–Crippen LogP) is 3.24. The summed E-state index contributed by atoms with van der Waals surface area (Å²) in [5.74, 6) is 1.27. The Labute approximate surface area is 223 Å². The van der Waals surface area contributed by atoms with Crippen molar-refractivity contribution in [3.63, 3.8) is 0 Å². The number of methoxy groups -OCH3 is 1. The Balaban J connectivity index is 2.00. The van der Waals surface area contributed by atoms with Crippen molar-refractivity contribution in [3.8, 4) is 5.75 Å². The summed E-state index contributed by atoms with van der Waals surface area (Å²) in [6.45, 7) is 8.70. The van der Waals surface area contributed by atoms with E-state index in [-0.39, 0.29) is 36.1 Å². The second kappa shape index (κ2) is 12.4. The van der Waals surface area contributed by atoms with E-state index in [1.54, 1.807) is 48.7 Å². The predicted molar refractivity (Wildman–Crippen MR) is 140 cm³/mol. The van der Waals surface area contributed by atoms with Gasteiger partial charge in [-0.15, -0.1) is 0 Å². The van der Waals surface area contributed by atoms with Crippen LogP contribution in [0.4, 0.5) is 0 Å². The van der Waals surface area contributed by atoms with Gasteiger partial charge in [-0.2, -0.15) is 5.10 Å². The van der Waals surface area contributed by atoms with Gasteiger partial charge >= 0.3 is 0 Å². The summed E-state index contributed by atoms with van der Waals surface area (Å²) < 4.78 is 7.18. The van der Waals surface area contributed by atoms with E-state index >= 15 is 0 Å². The van der Waals surface area contributed by atoms with Gasteiger partial charge in [-0.05, 0) is 50.8 Å². The van der Waals surface area contributed by atoms with Gasteiger partial charge in [0.1, 0.15) is 23.4 Å². The van der Waals surface area contributed by atoms with Gasteiger partial charge in [-0.1, -0.05) is 25.4 Å². The average molecular weight is 533 g/mol. The standard InChI is InChI=1S/C26H37ClN6O4/c1-16(2)14-21-24-28-18(4)30-33(24)13-12-32(26(36)20-15-19(27)9-10-22(20)37-6)11-7-8-23(34)31(5)17(3)25(35)29-21/h9-10,15-17,21H,7-8,11-14H2,1-6H3,(H,29,35)/t17-,21+/m0/s1. The number of hydrogen-bond acceptors (Lipinski definition) is 6. The van der Waals surface area contributed by atoms with Crippen molar-refractivity contribution in [1.29, 1.82) is 0 Å². The van der Waals surface area contributed by atoms with Gasteiger partial charge in [0.15, 0.2) is 0 Å². The Bertz CT molecular complexity index is 1130. The third kappa shape index (κ3) is 7.00. The highest BCUT2D eigenvalue weighted by atomic mass is 35.5. The number of fused-ring (bicyclic) bond motifs is 1. The molecule has 1 aliphatic heterocycles. The molecule has 1 aromatic heterocycles. The van der Waals surface area contributed by atoms with Crippen molar-refractivity contribution in [1.82, 2.24) is 29.9 Å². The van der Waals surface area contributed by atoms with Crippen molar-refractivity contribution >= 4 is 29.3 Å². The number of likely N-dealkylation sites (N-methyl/N-ethyl adjacent to an activating group) is 1. The molecule has 0 bridgehead atoms. The summed E-state index contributed by atoms with van der Waals surface area (Å²) >= 11 is 6.19. The summed E-state index contributed by atoms with van der Waals surface area (Å²) in [5, 5.41) is 8.08. The number of nitrogens with zero attached hydrogens (tertiary/aromatic N) is 5. The van der Waals surface area contributed by atoms with Gasteiger partial charge in [-0.25, -0.2) is 9.67 Å². The first-order chi connectivity index (χ1) is 17.5. The maximum absolute atomic E-state index is 13.6. The average Bonchev–Trinajstić information content (AvgIpc) is 3.23. The van der Waals surface area contributed by atoms with Crippen molar-refractivity contribution < 1.29 is 19.1 Å². The molecule has 11 heteroatoms. The zero-order chi connectivity index (χ0) is 27.3. The monoisotopic (exact) mass is 532 g/mol. The quantitative estimate of drug-likeness (QED) is 0.647. The molecule has 1 aromatic carbocycles. The lowest BCUT2D eigenvalue weighted by molar-refractivity contribution is -0.138. The van der Waals surface area contributed by atoms with Gasteiger partial charge in [0, 0.05) is 31.6 Å². The molecular weight excluding hydrogens is 496 g/mol. The van der Waals surface area contributed by atoms with E-state index < -0.39 is 6.04 Å². The second-order valence-electron chi connectivity index (χ2n) is 9.85.